The molecule has 0 aliphatic carbocycles. The van der Waals surface area contributed by atoms with Gasteiger partial charge in [-0.15, -0.1) is 0 Å². The van der Waals surface area contributed by atoms with Crippen LogP contribution in [-0.4, -0.2) is 54.1 Å². The molecule has 2 N–H and O–H groups in total. The summed E-state index contributed by atoms with van der Waals surface area (Å²) in [6, 6.07) is 2.19. The lowest BCUT2D eigenvalue weighted by atomic mass is 9.91. The minimum atomic E-state index is 0.650. The van der Waals surface area contributed by atoms with Gasteiger partial charge in [0.05, 0.1) is 0 Å². The third-order valence-electron chi connectivity index (χ3n) is 4.79. The lowest BCUT2D eigenvalue weighted by molar-refractivity contribution is 0.0184. The summed E-state index contributed by atoms with van der Waals surface area (Å²) in [5.74, 6) is 0. The Balaban J connectivity index is 1.94. The molecule has 0 spiro atoms. The zero-order valence-electron chi connectivity index (χ0n) is 11.6. The molecule has 0 radical (unpaired) electrons. The highest BCUT2D eigenvalue weighted by Gasteiger charge is 2.34. The number of nitrogens with zero attached hydrogens (tertiary/aromatic N) is 2. The highest BCUT2D eigenvalue weighted by molar-refractivity contribution is 4.90. The van der Waals surface area contributed by atoms with Crippen molar-refractivity contribution in [1.82, 2.24) is 9.80 Å². The third kappa shape index (κ3) is 3.01. The van der Waals surface area contributed by atoms with E-state index in [1.54, 1.807) is 0 Å². The van der Waals surface area contributed by atoms with Gasteiger partial charge in [-0.2, -0.15) is 0 Å². The summed E-state index contributed by atoms with van der Waals surface area (Å²) < 4.78 is 0. The molecule has 2 heterocycles. The van der Waals surface area contributed by atoms with Crippen LogP contribution >= 0.6 is 0 Å². The van der Waals surface area contributed by atoms with Crippen molar-refractivity contribution in [1.29, 1.82) is 0 Å². The molecule has 3 heteroatoms. The predicted molar refractivity (Wildman–Crippen MR) is 73.1 cm³/mol. The number of rotatable bonds is 3. The van der Waals surface area contributed by atoms with E-state index >= 15 is 0 Å². The average molecular weight is 239 g/mol. The minimum Gasteiger partial charge on any atom is -0.329 e. The Labute approximate surface area is 106 Å². The molecule has 2 fully saturated rings. The molecule has 0 bridgehead atoms. The third-order valence-corrected chi connectivity index (χ3v) is 4.79. The lowest BCUT2D eigenvalue weighted by Crippen LogP contribution is -2.56. The van der Waals surface area contributed by atoms with Crippen LogP contribution in [0.3, 0.4) is 0 Å². The molecule has 2 rings (SSSR count). The van der Waals surface area contributed by atoms with Crippen LogP contribution in [0.25, 0.3) is 0 Å². The summed E-state index contributed by atoms with van der Waals surface area (Å²) in [5.41, 5.74) is 5.96. The Bertz CT molecular complexity index is 224. The second-order valence-corrected chi connectivity index (χ2v) is 5.78. The van der Waals surface area contributed by atoms with Crippen molar-refractivity contribution < 1.29 is 0 Å². The maximum absolute atomic E-state index is 5.96. The fourth-order valence-electron chi connectivity index (χ4n) is 3.74. The van der Waals surface area contributed by atoms with Crippen LogP contribution < -0.4 is 5.73 Å². The molecule has 17 heavy (non-hydrogen) atoms. The molecule has 2 saturated heterocycles. The first kappa shape index (κ1) is 13.3. The SMILES string of the molecule is CCN1CCC(N2C(C)CCCC2CN)CC1. The highest BCUT2D eigenvalue weighted by atomic mass is 15.2. The van der Waals surface area contributed by atoms with E-state index in [0.717, 1.165) is 18.6 Å². The molecule has 0 saturated carbocycles. The monoisotopic (exact) mass is 239 g/mol. The van der Waals surface area contributed by atoms with Gasteiger partial charge in [0.2, 0.25) is 0 Å². The van der Waals surface area contributed by atoms with Gasteiger partial charge in [-0.1, -0.05) is 13.3 Å². The summed E-state index contributed by atoms with van der Waals surface area (Å²) >= 11 is 0. The fourth-order valence-corrected chi connectivity index (χ4v) is 3.74. The smallest absolute Gasteiger partial charge is 0.0224 e. The Kier molecular flexibility index (Phi) is 4.83. The van der Waals surface area contributed by atoms with E-state index in [9.17, 15) is 0 Å². The Hall–Kier alpha value is -0.120. The molecular formula is C14H29N3. The molecule has 0 aromatic heterocycles. The molecule has 100 valence electrons. The summed E-state index contributed by atoms with van der Waals surface area (Å²) in [4.78, 5) is 5.33. The van der Waals surface area contributed by atoms with E-state index < -0.39 is 0 Å². The largest absolute Gasteiger partial charge is 0.329 e. The van der Waals surface area contributed by atoms with Crippen molar-refractivity contribution in [3.8, 4) is 0 Å². The van der Waals surface area contributed by atoms with Gasteiger partial charge in [0.15, 0.2) is 0 Å². The number of likely N-dealkylation sites (tertiary alicyclic amines) is 2. The number of hydrogen-bond acceptors (Lipinski definition) is 3. The molecular weight excluding hydrogens is 210 g/mol. The van der Waals surface area contributed by atoms with E-state index in [1.165, 1.54) is 51.7 Å². The standard InChI is InChI=1S/C14H29N3/c1-3-16-9-7-13(8-10-16)17-12(2)5-4-6-14(17)11-15/h12-14H,3-11,15H2,1-2H3. The molecule has 0 amide bonds. The Morgan fingerprint density at radius 2 is 1.82 bits per heavy atom. The van der Waals surface area contributed by atoms with Crippen molar-refractivity contribution >= 4 is 0 Å². The molecule has 2 atom stereocenters. The van der Waals surface area contributed by atoms with E-state index in [2.05, 4.69) is 23.6 Å². The summed E-state index contributed by atoms with van der Waals surface area (Å²) in [6.45, 7) is 9.28. The van der Waals surface area contributed by atoms with Crippen molar-refractivity contribution in [2.75, 3.05) is 26.2 Å². The van der Waals surface area contributed by atoms with Crippen molar-refractivity contribution in [2.45, 2.75) is 64.1 Å². The fraction of sp³-hybridized carbons (Fsp3) is 1.00. The summed E-state index contributed by atoms with van der Waals surface area (Å²) in [7, 11) is 0. The van der Waals surface area contributed by atoms with E-state index in [1.807, 2.05) is 0 Å². The van der Waals surface area contributed by atoms with Crippen molar-refractivity contribution in [3.05, 3.63) is 0 Å². The average Bonchev–Trinajstić information content (AvgIpc) is 2.38. The second-order valence-electron chi connectivity index (χ2n) is 5.78. The van der Waals surface area contributed by atoms with Gasteiger partial charge in [-0.25, -0.2) is 0 Å². The quantitative estimate of drug-likeness (QED) is 0.813. The molecule has 0 aromatic rings. The molecule has 3 nitrogen and oxygen atoms in total. The van der Waals surface area contributed by atoms with E-state index in [-0.39, 0.29) is 0 Å². The van der Waals surface area contributed by atoms with Crippen molar-refractivity contribution in [2.24, 2.45) is 5.73 Å². The van der Waals surface area contributed by atoms with Crippen LogP contribution in [0.2, 0.25) is 0 Å². The zero-order valence-corrected chi connectivity index (χ0v) is 11.6. The van der Waals surface area contributed by atoms with E-state index in [0.29, 0.717) is 6.04 Å². The van der Waals surface area contributed by atoms with Crippen LogP contribution in [0.5, 0.6) is 0 Å². The lowest BCUT2D eigenvalue weighted by Gasteiger charge is -2.47. The predicted octanol–water partition coefficient (Wildman–Crippen LogP) is 1.67. The van der Waals surface area contributed by atoms with Gasteiger partial charge in [0.25, 0.3) is 0 Å². The summed E-state index contributed by atoms with van der Waals surface area (Å²) in [5, 5.41) is 0. The maximum atomic E-state index is 5.96. The molecule has 2 unspecified atom stereocenters. The van der Waals surface area contributed by atoms with Crippen molar-refractivity contribution in [3.63, 3.8) is 0 Å². The maximum Gasteiger partial charge on any atom is 0.0224 e. The normalized spacial score (nSPS) is 34.1. The minimum absolute atomic E-state index is 0.650. The zero-order chi connectivity index (χ0) is 12.3. The topological polar surface area (TPSA) is 32.5 Å². The number of nitrogens with two attached hydrogens (primary N) is 1. The van der Waals surface area contributed by atoms with Crippen LogP contribution in [0.4, 0.5) is 0 Å². The van der Waals surface area contributed by atoms with Crippen LogP contribution in [0, 0.1) is 0 Å². The highest BCUT2D eigenvalue weighted by Crippen LogP contribution is 2.28. The summed E-state index contributed by atoms with van der Waals surface area (Å²) in [6.07, 6.45) is 6.73. The Morgan fingerprint density at radius 1 is 1.12 bits per heavy atom. The van der Waals surface area contributed by atoms with Gasteiger partial charge in [0, 0.05) is 24.7 Å². The molecule has 2 aliphatic heterocycles. The van der Waals surface area contributed by atoms with Gasteiger partial charge in [-0.05, 0) is 52.2 Å². The molecule has 0 aromatic carbocycles. The Morgan fingerprint density at radius 3 is 2.41 bits per heavy atom. The molecule has 2 aliphatic rings. The first-order chi connectivity index (χ1) is 8.26. The second kappa shape index (κ2) is 6.17. The van der Waals surface area contributed by atoms with Gasteiger partial charge in [0.1, 0.15) is 0 Å². The van der Waals surface area contributed by atoms with E-state index in [4.69, 9.17) is 5.73 Å². The first-order valence-corrected chi connectivity index (χ1v) is 7.46. The van der Waals surface area contributed by atoms with Crippen LogP contribution in [0.15, 0.2) is 0 Å². The first-order valence-electron chi connectivity index (χ1n) is 7.46. The number of piperidine rings is 2. The van der Waals surface area contributed by atoms with Gasteiger partial charge >= 0.3 is 0 Å². The van der Waals surface area contributed by atoms with Crippen LogP contribution in [-0.2, 0) is 0 Å². The van der Waals surface area contributed by atoms with Crippen LogP contribution in [0.1, 0.15) is 46.0 Å². The van der Waals surface area contributed by atoms with Gasteiger partial charge < -0.3 is 10.6 Å². The number of hydrogen-bond donors (Lipinski definition) is 1. The van der Waals surface area contributed by atoms with Gasteiger partial charge in [-0.3, -0.25) is 4.90 Å².